The molecule has 0 aliphatic carbocycles. The van der Waals surface area contributed by atoms with Gasteiger partial charge < -0.3 is 9.26 Å². The standard InChI is InChI=1S/C20H14BrClN2O2/c1-12(15-4-2-3-5-16(15)22)25-18-11-10-17-19(23-18)20(26-24-17)13-6-8-14(21)9-7-13/h2-12H,1H3. The summed E-state index contributed by atoms with van der Waals surface area (Å²) in [5, 5.41) is 4.75. The van der Waals surface area contributed by atoms with E-state index in [0.29, 0.717) is 27.7 Å². The van der Waals surface area contributed by atoms with Gasteiger partial charge in [-0.1, -0.05) is 50.9 Å². The van der Waals surface area contributed by atoms with Crippen molar-refractivity contribution in [3.05, 3.63) is 75.7 Å². The van der Waals surface area contributed by atoms with Gasteiger partial charge in [0.15, 0.2) is 5.76 Å². The van der Waals surface area contributed by atoms with E-state index in [9.17, 15) is 0 Å². The summed E-state index contributed by atoms with van der Waals surface area (Å²) >= 11 is 9.68. The maximum atomic E-state index is 6.25. The van der Waals surface area contributed by atoms with E-state index in [1.807, 2.05) is 61.5 Å². The molecule has 4 rings (SSSR count). The molecular formula is C20H14BrClN2O2. The Kier molecular flexibility index (Phi) is 4.66. The zero-order valence-electron chi connectivity index (χ0n) is 13.8. The Morgan fingerprint density at radius 1 is 1.04 bits per heavy atom. The molecule has 4 aromatic rings. The van der Waals surface area contributed by atoms with Crippen LogP contribution in [0.4, 0.5) is 0 Å². The van der Waals surface area contributed by atoms with Crippen LogP contribution in [0.25, 0.3) is 22.4 Å². The number of aromatic nitrogens is 2. The summed E-state index contributed by atoms with van der Waals surface area (Å²) in [6, 6.07) is 19.0. The lowest BCUT2D eigenvalue weighted by Gasteiger charge is -2.15. The quantitative estimate of drug-likeness (QED) is 0.374. The lowest BCUT2D eigenvalue weighted by molar-refractivity contribution is 0.218. The third-order valence-corrected chi connectivity index (χ3v) is 4.92. The fraction of sp³-hybridized carbons (Fsp3) is 0.100. The fourth-order valence-corrected chi connectivity index (χ4v) is 3.27. The van der Waals surface area contributed by atoms with Crippen molar-refractivity contribution >= 4 is 38.6 Å². The topological polar surface area (TPSA) is 48.2 Å². The molecule has 0 bridgehead atoms. The van der Waals surface area contributed by atoms with E-state index in [0.717, 1.165) is 15.6 Å². The molecule has 0 amide bonds. The molecule has 0 fully saturated rings. The van der Waals surface area contributed by atoms with Gasteiger partial charge in [0.1, 0.15) is 17.1 Å². The molecule has 26 heavy (non-hydrogen) atoms. The Bertz CT molecular complexity index is 1060. The zero-order chi connectivity index (χ0) is 18.1. The summed E-state index contributed by atoms with van der Waals surface area (Å²) in [4.78, 5) is 4.60. The van der Waals surface area contributed by atoms with Gasteiger partial charge in [-0.25, -0.2) is 4.98 Å². The van der Waals surface area contributed by atoms with Gasteiger partial charge >= 0.3 is 0 Å². The summed E-state index contributed by atoms with van der Waals surface area (Å²) < 4.78 is 12.5. The van der Waals surface area contributed by atoms with Crippen LogP contribution in [0.5, 0.6) is 5.88 Å². The van der Waals surface area contributed by atoms with Crippen LogP contribution >= 0.6 is 27.5 Å². The van der Waals surface area contributed by atoms with Crippen molar-refractivity contribution < 1.29 is 9.26 Å². The molecule has 0 saturated heterocycles. The molecule has 2 aromatic carbocycles. The van der Waals surface area contributed by atoms with E-state index in [1.165, 1.54) is 0 Å². The average molecular weight is 430 g/mol. The van der Waals surface area contributed by atoms with E-state index in [2.05, 4.69) is 26.1 Å². The number of rotatable bonds is 4. The predicted octanol–water partition coefficient (Wildman–Crippen LogP) is 6.45. The maximum absolute atomic E-state index is 6.25. The van der Waals surface area contributed by atoms with Crippen molar-refractivity contribution in [2.75, 3.05) is 0 Å². The number of nitrogens with zero attached hydrogens (tertiary/aromatic N) is 2. The summed E-state index contributed by atoms with van der Waals surface area (Å²) in [6.45, 7) is 1.94. The van der Waals surface area contributed by atoms with Crippen molar-refractivity contribution in [1.29, 1.82) is 0 Å². The van der Waals surface area contributed by atoms with Crippen molar-refractivity contribution in [3.63, 3.8) is 0 Å². The minimum absolute atomic E-state index is 0.232. The van der Waals surface area contributed by atoms with E-state index >= 15 is 0 Å². The fourth-order valence-electron chi connectivity index (χ4n) is 2.72. The Labute approximate surface area is 163 Å². The molecule has 0 aliphatic heterocycles. The van der Waals surface area contributed by atoms with Crippen molar-refractivity contribution in [2.45, 2.75) is 13.0 Å². The van der Waals surface area contributed by atoms with Crippen LogP contribution in [0, 0.1) is 0 Å². The molecule has 2 aromatic heterocycles. The SMILES string of the molecule is CC(Oc1ccc2noc(-c3ccc(Br)cc3)c2n1)c1ccccc1Cl. The first-order valence-corrected chi connectivity index (χ1v) is 9.22. The number of ether oxygens (including phenoxy) is 1. The van der Waals surface area contributed by atoms with E-state index in [1.54, 1.807) is 6.07 Å². The van der Waals surface area contributed by atoms with Gasteiger partial charge in [-0.3, -0.25) is 0 Å². The first kappa shape index (κ1) is 17.1. The predicted molar refractivity (Wildman–Crippen MR) is 105 cm³/mol. The van der Waals surface area contributed by atoms with Crippen LogP contribution in [-0.4, -0.2) is 10.1 Å². The zero-order valence-corrected chi connectivity index (χ0v) is 16.2. The van der Waals surface area contributed by atoms with Gasteiger partial charge in [-0.2, -0.15) is 0 Å². The van der Waals surface area contributed by atoms with Gasteiger partial charge in [-0.15, -0.1) is 0 Å². The highest BCUT2D eigenvalue weighted by Crippen LogP contribution is 2.31. The molecule has 2 heterocycles. The molecule has 6 heteroatoms. The number of halogens is 2. The number of hydrogen-bond acceptors (Lipinski definition) is 4. The third kappa shape index (κ3) is 3.32. The molecule has 0 N–H and O–H groups in total. The molecule has 0 saturated carbocycles. The summed E-state index contributed by atoms with van der Waals surface area (Å²) in [6.07, 6.45) is -0.232. The van der Waals surface area contributed by atoms with Crippen LogP contribution in [-0.2, 0) is 0 Å². The molecular weight excluding hydrogens is 416 g/mol. The van der Waals surface area contributed by atoms with Crippen LogP contribution < -0.4 is 4.74 Å². The Morgan fingerprint density at radius 3 is 2.58 bits per heavy atom. The first-order chi connectivity index (χ1) is 12.6. The van der Waals surface area contributed by atoms with Crippen LogP contribution in [0.1, 0.15) is 18.6 Å². The molecule has 0 aliphatic rings. The first-order valence-electron chi connectivity index (χ1n) is 8.05. The second-order valence-corrected chi connectivity index (χ2v) is 7.14. The van der Waals surface area contributed by atoms with Crippen LogP contribution in [0.15, 0.2) is 69.7 Å². The van der Waals surface area contributed by atoms with Gasteiger partial charge in [-0.05, 0) is 43.3 Å². The van der Waals surface area contributed by atoms with Gasteiger partial charge in [0.05, 0.1) is 0 Å². The molecule has 4 nitrogen and oxygen atoms in total. The molecule has 0 radical (unpaired) electrons. The highest BCUT2D eigenvalue weighted by Gasteiger charge is 2.16. The second-order valence-electron chi connectivity index (χ2n) is 5.82. The Hall–Kier alpha value is -2.37. The molecule has 0 spiro atoms. The minimum Gasteiger partial charge on any atom is -0.470 e. The molecule has 1 atom stereocenters. The van der Waals surface area contributed by atoms with E-state index in [4.69, 9.17) is 20.9 Å². The van der Waals surface area contributed by atoms with Gasteiger partial charge in [0, 0.05) is 26.7 Å². The summed E-state index contributed by atoms with van der Waals surface area (Å²) in [7, 11) is 0. The lowest BCUT2D eigenvalue weighted by atomic mass is 10.1. The highest BCUT2D eigenvalue weighted by atomic mass is 79.9. The average Bonchev–Trinajstić information content (AvgIpc) is 3.06. The van der Waals surface area contributed by atoms with Crippen molar-refractivity contribution in [3.8, 4) is 17.2 Å². The molecule has 130 valence electrons. The summed E-state index contributed by atoms with van der Waals surface area (Å²) in [5.41, 5.74) is 3.16. The number of pyridine rings is 1. The summed E-state index contributed by atoms with van der Waals surface area (Å²) in [5.74, 6) is 1.11. The van der Waals surface area contributed by atoms with Crippen LogP contribution in [0.3, 0.4) is 0 Å². The van der Waals surface area contributed by atoms with Gasteiger partial charge in [0.2, 0.25) is 5.88 Å². The normalized spacial score (nSPS) is 12.3. The second kappa shape index (κ2) is 7.09. The van der Waals surface area contributed by atoms with Gasteiger partial charge in [0.25, 0.3) is 0 Å². The minimum atomic E-state index is -0.232. The smallest absolute Gasteiger partial charge is 0.214 e. The maximum Gasteiger partial charge on any atom is 0.214 e. The third-order valence-electron chi connectivity index (χ3n) is 4.05. The highest BCUT2D eigenvalue weighted by molar-refractivity contribution is 9.10. The van der Waals surface area contributed by atoms with E-state index < -0.39 is 0 Å². The Balaban J connectivity index is 1.68. The van der Waals surface area contributed by atoms with Crippen molar-refractivity contribution in [2.24, 2.45) is 0 Å². The number of hydrogen-bond donors (Lipinski definition) is 0. The number of fused-ring (bicyclic) bond motifs is 1. The Morgan fingerprint density at radius 2 is 1.81 bits per heavy atom. The number of benzene rings is 2. The van der Waals surface area contributed by atoms with Crippen molar-refractivity contribution in [1.82, 2.24) is 10.1 Å². The lowest BCUT2D eigenvalue weighted by Crippen LogP contribution is -2.04. The van der Waals surface area contributed by atoms with E-state index in [-0.39, 0.29) is 6.10 Å². The largest absolute Gasteiger partial charge is 0.470 e. The monoisotopic (exact) mass is 428 g/mol. The molecule has 1 unspecified atom stereocenters. The van der Waals surface area contributed by atoms with Crippen LogP contribution in [0.2, 0.25) is 5.02 Å².